The van der Waals surface area contributed by atoms with Gasteiger partial charge in [0.2, 0.25) is 0 Å². The number of piperidine rings is 3. The number of carbonyl (C=O) groups excluding carboxylic acids is 1. The second kappa shape index (κ2) is 5.32. The number of hydrogen-bond acceptors (Lipinski definition) is 4. The van der Waals surface area contributed by atoms with Gasteiger partial charge < -0.3 is 5.32 Å². The van der Waals surface area contributed by atoms with Gasteiger partial charge >= 0.3 is 0 Å². The largest absolute Gasteiger partial charge is 0.346 e. The van der Waals surface area contributed by atoms with E-state index in [2.05, 4.69) is 33.6 Å². The fraction of sp³-hybridized carbons (Fsp3) is 0.529. The van der Waals surface area contributed by atoms with Crippen LogP contribution in [0.25, 0.3) is 10.1 Å². The number of aromatic nitrogens is 1. The fourth-order valence-electron chi connectivity index (χ4n) is 4.02. The number of pyridine rings is 1. The maximum absolute atomic E-state index is 12.7. The maximum atomic E-state index is 12.7. The van der Waals surface area contributed by atoms with E-state index in [1.54, 1.807) is 11.3 Å². The molecule has 5 heteroatoms. The van der Waals surface area contributed by atoms with Gasteiger partial charge in [-0.15, -0.1) is 11.3 Å². The van der Waals surface area contributed by atoms with Crippen LogP contribution in [0, 0.1) is 12.8 Å². The molecule has 2 atom stereocenters. The van der Waals surface area contributed by atoms with E-state index in [-0.39, 0.29) is 11.9 Å². The van der Waals surface area contributed by atoms with Crippen molar-refractivity contribution in [2.75, 3.05) is 13.1 Å². The van der Waals surface area contributed by atoms with Crippen molar-refractivity contribution in [3.05, 3.63) is 28.9 Å². The van der Waals surface area contributed by atoms with Crippen molar-refractivity contribution >= 4 is 27.3 Å². The van der Waals surface area contributed by atoms with Crippen LogP contribution in [0.2, 0.25) is 0 Å². The highest BCUT2D eigenvalue weighted by atomic mass is 32.1. The molecular formula is C17H21N3OS. The van der Waals surface area contributed by atoms with E-state index in [4.69, 9.17) is 0 Å². The van der Waals surface area contributed by atoms with Gasteiger partial charge in [-0.05, 0) is 68.6 Å². The molecule has 116 valence electrons. The Morgan fingerprint density at radius 3 is 2.91 bits per heavy atom. The minimum absolute atomic E-state index is 0.0261. The highest BCUT2D eigenvalue weighted by Crippen LogP contribution is 2.32. The van der Waals surface area contributed by atoms with Crippen LogP contribution >= 0.6 is 11.3 Å². The molecule has 2 aromatic rings. The van der Waals surface area contributed by atoms with Crippen LogP contribution in [0.5, 0.6) is 0 Å². The average molecular weight is 315 g/mol. The zero-order valence-corrected chi connectivity index (χ0v) is 13.8. The summed E-state index contributed by atoms with van der Waals surface area (Å²) >= 11 is 1.68. The Labute approximate surface area is 134 Å². The molecule has 1 N–H and O–H groups in total. The molecule has 0 spiro atoms. The maximum Gasteiger partial charge on any atom is 0.270 e. The Balaban J connectivity index is 1.58. The molecule has 0 aromatic carbocycles. The number of fused-ring (bicyclic) bond motifs is 4. The van der Waals surface area contributed by atoms with Crippen LogP contribution < -0.4 is 5.32 Å². The number of aryl methyl sites for hydroxylation is 1. The number of thiophene rings is 1. The third-order valence-electron chi connectivity index (χ3n) is 5.31. The Bertz CT molecular complexity index is 716. The molecule has 3 aliphatic heterocycles. The van der Waals surface area contributed by atoms with E-state index in [1.807, 2.05) is 13.0 Å². The lowest BCUT2D eigenvalue weighted by atomic mass is 9.79. The molecule has 0 saturated carbocycles. The highest BCUT2D eigenvalue weighted by Gasteiger charge is 2.40. The highest BCUT2D eigenvalue weighted by molar-refractivity contribution is 7.17. The van der Waals surface area contributed by atoms with Crippen molar-refractivity contribution in [2.24, 2.45) is 5.92 Å². The minimum Gasteiger partial charge on any atom is -0.346 e. The summed E-state index contributed by atoms with van der Waals surface area (Å²) in [6.45, 7) is 6.57. The van der Waals surface area contributed by atoms with E-state index >= 15 is 0 Å². The summed E-state index contributed by atoms with van der Waals surface area (Å²) in [5.41, 5.74) is 1.49. The molecule has 2 aromatic heterocycles. The third-order valence-corrected chi connectivity index (χ3v) is 6.35. The molecule has 2 unspecified atom stereocenters. The molecule has 3 aliphatic rings. The molecule has 5 rings (SSSR count). The van der Waals surface area contributed by atoms with E-state index in [1.165, 1.54) is 30.6 Å². The number of nitrogens with one attached hydrogen (secondary N) is 1. The van der Waals surface area contributed by atoms with E-state index < -0.39 is 0 Å². The van der Waals surface area contributed by atoms with Crippen molar-refractivity contribution in [3.8, 4) is 0 Å². The lowest BCUT2D eigenvalue weighted by Gasteiger charge is -2.49. The van der Waals surface area contributed by atoms with Crippen LogP contribution in [-0.4, -0.2) is 41.0 Å². The average Bonchev–Trinajstić information content (AvgIpc) is 3.00. The third kappa shape index (κ3) is 2.23. The normalized spacial score (nSPS) is 30.6. The van der Waals surface area contributed by atoms with Crippen molar-refractivity contribution < 1.29 is 4.79 Å². The predicted octanol–water partition coefficient (Wildman–Crippen LogP) is 2.82. The summed E-state index contributed by atoms with van der Waals surface area (Å²) in [5, 5.41) is 6.43. The van der Waals surface area contributed by atoms with Crippen LogP contribution in [0.15, 0.2) is 17.5 Å². The molecule has 4 nitrogen and oxygen atoms in total. The number of hydrogen-bond donors (Lipinski definition) is 1. The van der Waals surface area contributed by atoms with Crippen molar-refractivity contribution in [1.82, 2.24) is 15.2 Å². The summed E-state index contributed by atoms with van der Waals surface area (Å²) in [7, 11) is 0. The quantitative estimate of drug-likeness (QED) is 0.927. The molecular weight excluding hydrogens is 294 g/mol. The first kappa shape index (κ1) is 14.2. The Hall–Kier alpha value is -1.46. The molecule has 3 saturated heterocycles. The van der Waals surface area contributed by atoms with Gasteiger partial charge in [-0.3, -0.25) is 9.69 Å². The Kier molecular flexibility index (Phi) is 3.42. The summed E-state index contributed by atoms with van der Waals surface area (Å²) in [6, 6.07) is 4.67. The number of carbonyl (C=O) groups is 1. The van der Waals surface area contributed by atoms with Gasteiger partial charge in [-0.25, -0.2) is 4.98 Å². The Morgan fingerprint density at radius 1 is 1.41 bits per heavy atom. The van der Waals surface area contributed by atoms with Gasteiger partial charge in [-0.2, -0.15) is 0 Å². The topological polar surface area (TPSA) is 45.2 Å². The van der Waals surface area contributed by atoms with Crippen LogP contribution in [0.4, 0.5) is 0 Å². The van der Waals surface area contributed by atoms with Gasteiger partial charge in [0.05, 0.1) is 10.4 Å². The second-order valence-corrected chi connectivity index (χ2v) is 7.46. The van der Waals surface area contributed by atoms with E-state index in [0.717, 1.165) is 11.1 Å². The Morgan fingerprint density at radius 2 is 2.18 bits per heavy atom. The summed E-state index contributed by atoms with van der Waals surface area (Å²) in [5.74, 6) is 0.594. The first-order valence-electron chi connectivity index (χ1n) is 8.03. The molecule has 22 heavy (non-hydrogen) atoms. The predicted molar refractivity (Wildman–Crippen MR) is 89.4 cm³/mol. The second-order valence-electron chi connectivity index (χ2n) is 6.55. The molecule has 2 bridgehead atoms. The van der Waals surface area contributed by atoms with Gasteiger partial charge in [0.25, 0.3) is 5.91 Å². The van der Waals surface area contributed by atoms with Crippen LogP contribution in [-0.2, 0) is 0 Å². The van der Waals surface area contributed by atoms with Gasteiger partial charge in [0, 0.05) is 12.1 Å². The van der Waals surface area contributed by atoms with Crippen molar-refractivity contribution in [2.45, 2.75) is 38.8 Å². The lowest BCUT2D eigenvalue weighted by molar-refractivity contribution is 0.0216. The van der Waals surface area contributed by atoms with Crippen LogP contribution in [0.1, 0.15) is 35.9 Å². The first-order chi connectivity index (χ1) is 10.6. The molecule has 3 fully saturated rings. The monoisotopic (exact) mass is 315 g/mol. The summed E-state index contributed by atoms with van der Waals surface area (Å²) < 4.78 is 1.17. The van der Waals surface area contributed by atoms with Crippen molar-refractivity contribution in [1.29, 1.82) is 0 Å². The molecule has 1 amide bonds. The lowest BCUT2D eigenvalue weighted by Crippen LogP contribution is -2.62. The number of rotatable bonds is 2. The van der Waals surface area contributed by atoms with Crippen molar-refractivity contribution in [3.63, 3.8) is 0 Å². The van der Waals surface area contributed by atoms with Gasteiger partial charge in [-0.1, -0.05) is 0 Å². The van der Waals surface area contributed by atoms with E-state index in [9.17, 15) is 4.79 Å². The standard InChI is InChI=1S/C17H21N3OS/c1-10-16-13(5-8-22-16)9-14(18-10)17(21)19-15-11(2)20-6-3-12(15)4-7-20/h5,8-9,11-12,15H,3-4,6-7H2,1-2H3,(H,19,21). The fourth-order valence-corrected chi connectivity index (χ4v) is 4.85. The smallest absolute Gasteiger partial charge is 0.270 e. The van der Waals surface area contributed by atoms with Crippen LogP contribution in [0.3, 0.4) is 0 Å². The SMILES string of the molecule is Cc1nc(C(=O)NC2C3CCN(CC3)C2C)cc2ccsc12. The zero-order valence-electron chi connectivity index (χ0n) is 13.0. The molecule has 0 aliphatic carbocycles. The molecule has 5 heterocycles. The summed E-state index contributed by atoms with van der Waals surface area (Å²) in [4.78, 5) is 19.7. The summed E-state index contributed by atoms with van der Waals surface area (Å²) in [6.07, 6.45) is 2.40. The van der Waals surface area contributed by atoms with Gasteiger partial charge in [0.15, 0.2) is 0 Å². The zero-order chi connectivity index (χ0) is 15.3. The van der Waals surface area contributed by atoms with E-state index in [0.29, 0.717) is 17.7 Å². The first-order valence-corrected chi connectivity index (χ1v) is 8.91. The van der Waals surface area contributed by atoms with Gasteiger partial charge in [0.1, 0.15) is 5.69 Å². The number of amides is 1. The number of nitrogens with zero attached hydrogens (tertiary/aromatic N) is 2. The molecule has 0 radical (unpaired) electrons. The minimum atomic E-state index is -0.0261.